The zero-order valence-electron chi connectivity index (χ0n) is 10.3. The summed E-state index contributed by atoms with van der Waals surface area (Å²) in [6.07, 6.45) is 0. The van der Waals surface area contributed by atoms with Crippen molar-refractivity contribution in [1.29, 1.82) is 0 Å². The highest BCUT2D eigenvalue weighted by atomic mass is 35.5. The maximum Gasteiger partial charge on any atom is 0.351 e. The Hall–Kier alpha value is -0.580. The molecule has 1 rings (SSSR count). The normalized spacial score (nSPS) is 13.6. The van der Waals surface area contributed by atoms with Crippen LogP contribution in [0.25, 0.3) is 0 Å². The quantitative estimate of drug-likeness (QED) is 0.787. The van der Waals surface area contributed by atoms with Crippen LogP contribution in [0.5, 0.6) is 5.75 Å². The van der Waals surface area contributed by atoms with Gasteiger partial charge in [-0.2, -0.15) is 0 Å². The maximum absolute atomic E-state index is 12.4. The fraction of sp³-hybridized carbons (Fsp3) is 0.455. The average Bonchev–Trinajstić information content (AvgIpc) is 2.32. The molecule has 0 fully saturated rings. The largest absolute Gasteiger partial charge is 0.506 e. The van der Waals surface area contributed by atoms with E-state index in [2.05, 4.69) is 0 Å². The van der Waals surface area contributed by atoms with Gasteiger partial charge in [0, 0.05) is 0 Å². The number of hydrogen-bond acceptors (Lipinski definition) is 5. The van der Waals surface area contributed by atoms with Crippen molar-refractivity contribution in [3.8, 4) is 5.75 Å². The summed E-state index contributed by atoms with van der Waals surface area (Å²) in [6.45, 7) is 3.89. The minimum atomic E-state index is -3.43. The van der Waals surface area contributed by atoms with Crippen LogP contribution in [-0.4, -0.2) is 18.3 Å². The van der Waals surface area contributed by atoms with Gasteiger partial charge in [-0.1, -0.05) is 17.7 Å². The molecule has 0 aliphatic carbocycles. The topological polar surface area (TPSA) is 81.8 Å². The van der Waals surface area contributed by atoms with Gasteiger partial charge in [-0.05, 0) is 31.5 Å². The molecular weight excluding hydrogens is 277 g/mol. The predicted octanol–water partition coefficient (Wildman–Crippen LogP) is 3.27. The van der Waals surface area contributed by atoms with Crippen LogP contribution in [0.15, 0.2) is 18.2 Å². The molecule has 0 bridgehead atoms. The van der Waals surface area contributed by atoms with E-state index >= 15 is 0 Å². The summed E-state index contributed by atoms with van der Waals surface area (Å²) in [6, 6.07) is 4.38. The Balaban J connectivity index is 3.05. The van der Waals surface area contributed by atoms with Crippen molar-refractivity contribution in [2.75, 3.05) is 13.2 Å². The molecule has 0 aliphatic rings. The molecule has 0 heterocycles. The first-order chi connectivity index (χ1) is 8.44. The van der Waals surface area contributed by atoms with Crippen molar-refractivity contribution >= 4 is 19.2 Å². The molecule has 7 heteroatoms. The molecule has 18 heavy (non-hydrogen) atoms. The van der Waals surface area contributed by atoms with E-state index in [1.165, 1.54) is 18.2 Å². The second kappa shape index (κ2) is 6.55. The highest BCUT2D eigenvalue weighted by Gasteiger charge is 2.34. The van der Waals surface area contributed by atoms with Crippen molar-refractivity contribution in [2.24, 2.45) is 5.73 Å². The molecule has 0 aromatic heterocycles. The monoisotopic (exact) mass is 293 g/mol. The lowest BCUT2D eigenvalue weighted by Crippen LogP contribution is -2.15. The fourth-order valence-corrected chi connectivity index (χ4v) is 3.28. The number of nitrogens with two attached hydrogens (primary N) is 1. The number of aromatic hydroxyl groups is 1. The van der Waals surface area contributed by atoms with Crippen LogP contribution in [0.3, 0.4) is 0 Å². The zero-order chi connectivity index (χ0) is 13.8. The maximum atomic E-state index is 12.4. The van der Waals surface area contributed by atoms with Crippen molar-refractivity contribution in [2.45, 2.75) is 19.6 Å². The summed E-state index contributed by atoms with van der Waals surface area (Å²) < 4.78 is 22.8. The first-order valence-corrected chi connectivity index (χ1v) is 7.56. The summed E-state index contributed by atoms with van der Waals surface area (Å²) in [5.74, 6) is -0.995. The van der Waals surface area contributed by atoms with Gasteiger partial charge in [-0.15, -0.1) is 0 Å². The lowest BCUT2D eigenvalue weighted by molar-refractivity contribution is 0.212. The zero-order valence-corrected chi connectivity index (χ0v) is 11.9. The van der Waals surface area contributed by atoms with Gasteiger partial charge in [-0.25, -0.2) is 0 Å². The molecule has 0 saturated carbocycles. The van der Waals surface area contributed by atoms with Crippen LogP contribution in [0.2, 0.25) is 5.02 Å². The third-order valence-electron chi connectivity index (χ3n) is 2.27. The molecule has 102 valence electrons. The van der Waals surface area contributed by atoms with Gasteiger partial charge in [0.15, 0.2) is 0 Å². The van der Waals surface area contributed by atoms with Gasteiger partial charge in [0.25, 0.3) is 0 Å². The highest BCUT2D eigenvalue weighted by Crippen LogP contribution is 2.58. The summed E-state index contributed by atoms with van der Waals surface area (Å²) >= 11 is 5.79. The number of benzene rings is 1. The van der Waals surface area contributed by atoms with E-state index in [9.17, 15) is 9.67 Å². The molecule has 0 saturated heterocycles. The molecule has 3 N–H and O–H groups in total. The molecule has 0 spiro atoms. The number of halogens is 1. The lowest BCUT2D eigenvalue weighted by Gasteiger charge is -2.23. The first kappa shape index (κ1) is 15.5. The Bertz CT molecular complexity index is 445. The number of phenolic OH excluding ortho intramolecular Hbond substituents is 1. The van der Waals surface area contributed by atoms with Gasteiger partial charge in [-0.3, -0.25) is 4.57 Å². The molecule has 0 radical (unpaired) electrons. The van der Waals surface area contributed by atoms with E-state index in [0.29, 0.717) is 5.56 Å². The van der Waals surface area contributed by atoms with E-state index in [-0.39, 0.29) is 24.0 Å². The molecule has 1 aromatic carbocycles. The van der Waals surface area contributed by atoms with Gasteiger partial charge >= 0.3 is 7.60 Å². The highest BCUT2D eigenvalue weighted by molar-refractivity contribution is 7.54. The van der Waals surface area contributed by atoms with E-state index in [0.717, 1.165) is 0 Å². The first-order valence-electron chi connectivity index (χ1n) is 5.57. The molecule has 1 atom stereocenters. The Morgan fingerprint density at radius 3 is 2.39 bits per heavy atom. The third-order valence-corrected chi connectivity index (χ3v) is 4.79. The Kier molecular flexibility index (Phi) is 5.63. The van der Waals surface area contributed by atoms with Gasteiger partial charge < -0.3 is 19.9 Å². The standard InChI is InChI=1S/C11H17ClNO4P/c1-3-16-18(15,17-4-2)11(13)8-5-6-10(14)9(12)7-8/h5-7,11,14H,3-4,13H2,1-2H3/t11-/m1/s1. The smallest absolute Gasteiger partial charge is 0.351 e. The van der Waals surface area contributed by atoms with Crippen LogP contribution in [0, 0.1) is 0 Å². The number of phenols is 1. The fourth-order valence-electron chi connectivity index (χ4n) is 1.45. The molecule has 1 aromatic rings. The minimum absolute atomic E-state index is 0.0599. The van der Waals surface area contributed by atoms with E-state index in [1.807, 2.05) is 0 Å². The lowest BCUT2D eigenvalue weighted by atomic mass is 10.2. The summed E-state index contributed by atoms with van der Waals surface area (Å²) in [5, 5.41) is 9.47. The summed E-state index contributed by atoms with van der Waals surface area (Å²) in [5.41, 5.74) is 6.40. The van der Waals surface area contributed by atoms with Crippen LogP contribution in [0.4, 0.5) is 0 Å². The molecule has 0 unspecified atom stereocenters. The Morgan fingerprint density at radius 1 is 1.39 bits per heavy atom. The third kappa shape index (κ3) is 3.46. The summed E-state index contributed by atoms with van der Waals surface area (Å²) in [4.78, 5) is 0. The average molecular weight is 294 g/mol. The number of rotatable bonds is 6. The van der Waals surface area contributed by atoms with E-state index in [1.54, 1.807) is 13.8 Å². The Labute approximate surface area is 111 Å². The van der Waals surface area contributed by atoms with Crippen LogP contribution in [0.1, 0.15) is 25.2 Å². The van der Waals surface area contributed by atoms with Crippen LogP contribution < -0.4 is 5.73 Å². The van der Waals surface area contributed by atoms with Gasteiger partial charge in [0.1, 0.15) is 11.5 Å². The van der Waals surface area contributed by atoms with Crippen molar-refractivity contribution in [3.05, 3.63) is 28.8 Å². The Morgan fingerprint density at radius 2 is 1.94 bits per heavy atom. The molecule has 0 amide bonds. The second-order valence-corrected chi connectivity index (χ2v) is 6.09. The summed E-state index contributed by atoms with van der Waals surface area (Å²) in [7, 11) is -3.43. The second-order valence-electron chi connectivity index (χ2n) is 3.53. The van der Waals surface area contributed by atoms with Crippen LogP contribution in [-0.2, 0) is 13.6 Å². The van der Waals surface area contributed by atoms with E-state index in [4.69, 9.17) is 26.4 Å². The van der Waals surface area contributed by atoms with Gasteiger partial charge in [0.2, 0.25) is 0 Å². The molecular formula is C11H17ClNO4P. The van der Waals surface area contributed by atoms with E-state index < -0.39 is 13.4 Å². The van der Waals surface area contributed by atoms with Gasteiger partial charge in [0.05, 0.1) is 18.2 Å². The SMILES string of the molecule is CCOP(=O)(OCC)[C@@H](N)c1ccc(O)c(Cl)c1. The van der Waals surface area contributed by atoms with Crippen LogP contribution >= 0.6 is 19.2 Å². The van der Waals surface area contributed by atoms with Crippen molar-refractivity contribution in [1.82, 2.24) is 0 Å². The van der Waals surface area contributed by atoms with Crippen molar-refractivity contribution < 1.29 is 18.7 Å². The number of hydrogen-bond donors (Lipinski definition) is 2. The molecule has 0 aliphatic heterocycles. The van der Waals surface area contributed by atoms with Crippen molar-refractivity contribution in [3.63, 3.8) is 0 Å². The predicted molar refractivity (Wildman–Crippen MR) is 70.9 cm³/mol. The minimum Gasteiger partial charge on any atom is -0.506 e. The molecule has 5 nitrogen and oxygen atoms in total.